The second-order valence-corrected chi connectivity index (χ2v) is 8.18. The molecule has 0 amide bonds. The first kappa shape index (κ1) is 15.6. The summed E-state index contributed by atoms with van der Waals surface area (Å²) in [5, 5.41) is 8.25. The lowest BCUT2D eigenvalue weighted by atomic mass is 10.2. The largest absolute Gasteiger partial charge is 0.472 e. The number of halogens is 1. The van der Waals surface area contributed by atoms with Crippen LogP contribution in [0.1, 0.15) is 29.3 Å². The minimum Gasteiger partial charge on any atom is -0.472 e. The van der Waals surface area contributed by atoms with Gasteiger partial charge < -0.3 is 9.73 Å². The molecule has 1 aliphatic rings. The smallest absolute Gasteiger partial charge is 0.152 e. The van der Waals surface area contributed by atoms with Crippen molar-refractivity contribution < 1.29 is 12.8 Å². The fourth-order valence-electron chi connectivity index (χ4n) is 2.69. The van der Waals surface area contributed by atoms with Crippen LogP contribution in [0.25, 0.3) is 0 Å². The van der Waals surface area contributed by atoms with Gasteiger partial charge in [0.2, 0.25) is 0 Å². The molecule has 1 aliphatic heterocycles. The number of furan rings is 1. The summed E-state index contributed by atoms with van der Waals surface area (Å²) in [5.74, 6) is 0.330. The molecule has 120 valence electrons. The predicted octanol–water partition coefficient (Wildman–Crippen LogP) is 2.09. The third kappa shape index (κ3) is 3.21. The average Bonchev–Trinajstić information content (AvgIpc) is 3.14. The predicted molar refractivity (Wildman–Crippen MR) is 83.5 cm³/mol. The maximum atomic E-state index is 11.6. The average molecular weight is 344 g/mol. The molecule has 0 unspecified atom stereocenters. The first-order valence-electron chi connectivity index (χ1n) is 7.12. The van der Waals surface area contributed by atoms with Crippen molar-refractivity contribution in [2.75, 3.05) is 11.5 Å². The van der Waals surface area contributed by atoms with Gasteiger partial charge in [-0.15, -0.1) is 0 Å². The highest BCUT2D eigenvalue weighted by Gasteiger charge is 2.31. The Balaban J connectivity index is 1.70. The van der Waals surface area contributed by atoms with E-state index in [1.807, 2.05) is 13.0 Å². The van der Waals surface area contributed by atoms with Crippen LogP contribution < -0.4 is 5.32 Å². The first-order chi connectivity index (χ1) is 10.5. The Labute approximate surface area is 134 Å². The van der Waals surface area contributed by atoms with Gasteiger partial charge in [-0.25, -0.2) is 13.1 Å². The summed E-state index contributed by atoms with van der Waals surface area (Å²) in [6.07, 6.45) is 3.90. The van der Waals surface area contributed by atoms with Crippen LogP contribution in [0, 0.1) is 6.92 Å². The molecule has 0 spiro atoms. The van der Waals surface area contributed by atoms with E-state index in [0.29, 0.717) is 24.7 Å². The zero-order valence-electron chi connectivity index (χ0n) is 12.3. The third-order valence-electron chi connectivity index (χ3n) is 3.91. The number of aryl methyl sites for hydroxylation is 1. The fraction of sp³-hybridized carbons (Fsp3) is 0.500. The van der Waals surface area contributed by atoms with Crippen molar-refractivity contribution in [3.05, 3.63) is 40.6 Å². The van der Waals surface area contributed by atoms with Gasteiger partial charge in [-0.3, -0.25) is 0 Å². The number of rotatable bonds is 5. The molecule has 1 N–H and O–H groups in total. The molecule has 0 radical (unpaired) electrons. The Morgan fingerprint density at radius 1 is 1.50 bits per heavy atom. The van der Waals surface area contributed by atoms with Gasteiger partial charge in [-0.1, -0.05) is 11.6 Å². The van der Waals surface area contributed by atoms with Crippen LogP contribution in [0.3, 0.4) is 0 Å². The molecular formula is C14H18ClN3O3S. The Hall–Kier alpha value is -1.31. The second kappa shape index (κ2) is 6.06. The van der Waals surface area contributed by atoms with Gasteiger partial charge in [0.15, 0.2) is 9.84 Å². The van der Waals surface area contributed by atoms with Gasteiger partial charge in [0.1, 0.15) is 5.15 Å². The minimum atomic E-state index is -2.96. The second-order valence-electron chi connectivity index (χ2n) is 5.59. The van der Waals surface area contributed by atoms with Crippen molar-refractivity contribution in [3.63, 3.8) is 0 Å². The quantitative estimate of drug-likeness (QED) is 0.899. The number of aromatic nitrogens is 2. The van der Waals surface area contributed by atoms with Crippen LogP contribution in [-0.4, -0.2) is 29.7 Å². The maximum absolute atomic E-state index is 11.6. The summed E-state index contributed by atoms with van der Waals surface area (Å²) in [5.41, 5.74) is 2.80. The molecule has 22 heavy (non-hydrogen) atoms. The highest BCUT2D eigenvalue weighted by atomic mass is 35.5. The van der Waals surface area contributed by atoms with Crippen LogP contribution in [-0.2, 0) is 22.9 Å². The molecule has 6 nitrogen and oxygen atoms in total. The van der Waals surface area contributed by atoms with Crippen LogP contribution in [0.4, 0.5) is 0 Å². The SMILES string of the molecule is Cc1nn([C@H]2CCS(=O)(=O)C2)c(Cl)c1CNCc1ccoc1. The van der Waals surface area contributed by atoms with Crippen molar-refractivity contribution in [2.24, 2.45) is 0 Å². The summed E-state index contributed by atoms with van der Waals surface area (Å²) in [7, 11) is -2.96. The van der Waals surface area contributed by atoms with Crippen molar-refractivity contribution in [2.45, 2.75) is 32.5 Å². The van der Waals surface area contributed by atoms with E-state index < -0.39 is 9.84 Å². The van der Waals surface area contributed by atoms with E-state index >= 15 is 0 Å². The summed E-state index contributed by atoms with van der Waals surface area (Å²) in [4.78, 5) is 0. The number of hydrogen-bond acceptors (Lipinski definition) is 5. The monoisotopic (exact) mass is 343 g/mol. The van der Waals surface area contributed by atoms with E-state index in [0.717, 1.165) is 16.8 Å². The first-order valence-corrected chi connectivity index (χ1v) is 9.32. The maximum Gasteiger partial charge on any atom is 0.152 e. The van der Waals surface area contributed by atoms with Gasteiger partial charge in [0.25, 0.3) is 0 Å². The van der Waals surface area contributed by atoms with E-state index in [4.69, 9.17) is 16.0 Å². The number of nitrogens with one attached hydrogen (secondary N) is 1. The molecule has 1 fully saturated rings. The molecule has 1 saturated heterocycles. The van der Waals surface area contributed by atoms with Crippen molar-refractivity contribution >= 4 is 21.4 Å². The Kier molecular flexibility index (Phi) is 4.29. The normalized spacial score (nSPS) is 20.5. The lowest BCUT2D eigenvalue weighted by Crippen LogP contribution is -2.14. The zero-order valence-corrected chi connectivity index (χ0v) is 13.8. The molecule has 2 aromatic heterocycles. The Bertz CT molecular complexity index is 753. The Morgan fingerprint density at radius 3 is 2.95 bits per heavy atom. The molecule has 8 heteroatoms. The Morgan fingerprint density at radius 2 is 2.32 bits per heavy atom. The van der Waals surface area contributed by atoms with Crippen LogP contribution in [0.15, 0.2) is 23.0 Å². The minimum absolute atomic E-state index is 0.121. The summed E-state index contributed by atoms with van der Waals surface area (Å²) >= 11 is 6.41. The molecule has 0 saturated carbocycles. The lowest BCUT2D eigenvalue weighted by Gasteiger charge is -2.10. The van der Waals surface area contributed by atoms with Gasteiger partial charge in [-0.05, 0) is 19.4 Å². The van der Waals surface area contributed by atoms with E-state index in [2.05, 4.69) is 10.4 Å². The van der Waals surface area contributed by atoms with E-state index in [9.17, 15) is 8.42 Å². The molecule has 0 bridgehead atoms. The lowest BCUT2D eigenvalue weighted by molar-refractivity contribution is 0.497. The molecule has 3 rings (SSSR count). The number of nitrogens with zero attached hydrogens (tertiary/aromatic N) is 2. The van der Waals surface area contributed by atoms with Crippen molar-refractivity contribution in [3.8, 4) is 0 Å². The van der Waals surface area contributed by atoms with Crippen LogP contribution in [0.5, 0.6) is 0 Å². The van der Waals surface area contributed by atoms with E-state index in [-0.39, 0.29) is 17.5 Å². The van der Waals surface area contributed by atoms with Crippen molar-refractivity contribution in [1.82, 2.24) is 15.1 Å². The number of hydrogen-bond donors (Lipinski definition) is 1. The summed E-state index contributed by atoms with van der Waals surface area (Å²) < 4.78 is 29.9. The molecule has 1 atom stereocenters. The molecule has 2 aromatic rings. The van der Waals surface area contributed by atoms with Gasteiger partial charge in [-0.2, -0.15) is 5.10 Å². The van der Waals surface area contributed by atoms with Gasteiger partial charge in [0, 0.05) is 24.2 Å². The molecule has 0 aromatic carbocycles. The number of sulfone groups is 1. The fourth-order valence-corrected chi connectivity index (χ4v) is 4.76. The van der Waals surface area contributed by atoms with E-state index in [1.165, 1.54) is 0 Å². The molecular weight excluding hydrogens is 326 g/mol. The molecule has 0 aliphatic carbocycles. The van der Waals surface area contributed by atoms with E-state index in [1.54, 1.807) is 17.2 Å². The standard InChI is InChI=1S/C14H18ClN3O3S/c1-10-13(7-16-6-11-2-4-21-8-11)14(15)18(17-10)12-3-5-22(19,20)9-12/h2,4,8,12,16H,3,5-7,9H2,1H3/t12-/m0/s1. The summed E-state index contributed by atoms with van der Waals surface area (Å²) in [6, 6.07) is 1.74. The molecule has 3 heterocycles. The summed E-state index contributed by atoms with van der Waals surface area (Å²) in [6.45, 7) is 3.14. The van der Waals surface area contributed by atoms with Gasteiger partial charge in [0.05, 0.1) is 35.8 Å². The topological polar surface area (TPSA) is 77.1 Å². The van der Waals surface area contributed by atoms with Crippen LogP contribution in [0.2, 0.25) is 5.15 Å². The third-order valence-corrected chi connectivity index (χ3v) is 6.06. The van der Waals surface area contributed by atoms with Crippen molar-refractivity contribution in [1.29, 1.82) is 0 Å². The van der Waals surface area contributed by atoms with Gasteiger partial charge >= 0.3 is 0 Å². The van der Waals surface area contributed by atoms with Crippen LogP contribution >= 0.6 is 11.6 Å². The zero-order chi connectivity index (χ0) is 15.7. The highest BCUT2D eigenvalue weighted by molar-refractivity contribution is 7.91. The highest BCUT2D eigenvalue weighted by Crippen LogP contribution is 2.29.